The van der Waals surface area contributed by atoms with E-state index in [0.29, 0.717) is 0 Å². The number of H-pyrrole nitrogens is 1. The van der Waals surface area contributed by atoms with Crippen molar-refractivity contribution in [2.75, 3.05) is 13.4 Å². The first-order valence-electron chi connectivity index (χ1n) is 9.53. The van der Waals surface area contributed by atoms with Gasteiger partial charge in [-0.05, 0) is 38.0 Å². The highest BCUT2D eigenvalue weighted by atomic mass is 32.2. The van der Waals surface area contributed by atoms with E-state index in [0.717, 1.165) is 26.2 Å². The second kappa shape index (κ2) is 8.35. The van der Waals surface area contributed by atoms with Crippen LogP contribution in [0.1, 0.15) is 41.5 Å². The van der Waals surface area contributed by atoms with Crippen molar-refractivity contribution in [3.05, 3.63) is 62.6 Å². The molecule has 1 N–H and O–H groups in total. The summed E-state index contributed by atoms with van der Waals surface area (Å²) in [6, 6.07) is 3.02. The second-order valence-corrected chi connectivity index (χ2v) is 9.21. The summed E-state index contributed by atoms with van der Waals surface area (Å²) in [5.41, 5.74) is -3.42. The molecule has 5 atom stereocenters. The number of alkyl halides is 3. The third-order valence-corrected chi connectivity index (χ3v) is 6.98. The van der Waals surface area contributed by atoms with Gasteiger partial charge in [0.15, 0.2) is 22.7 Å². The zero-order chi connectivity index (χ0) is 24.2. The second-order valence-electron chi connectivity index (χ2n) is 7.90. The molecule has 1 aromatic heterocycles. The van der Waals surface area contributed by atoms with Crippen LogP contribution < -0.4 is 5.43 Å². The van der Waals surface area contributed by atoms with Crippen molar-refractivity contribution in [2.24, 2.45) is 0 Å². The molecule has 5 nitrogen and oxygen atoms in total. The van der Waals surface area contributed by atoms with Crippen LogP contribution in [0.25, 0.3) is 0 Å². The molecule has 1 aliphatic heterocycles. The number of rotatable bonds is 4. The molecule has 0 radical (unpaired) electrons. The number of halogens is 5. The van der Waals surface area contributed by atoms with Gasteiger partial charge in [-0.3, -0.25) is 9.00 Å². The summed E-state index contributed by atoms with van der Waals surface area (Å²) >= 11 is 0. The topological polar surface area (TPSA) is 68.4 Å². The van der Waals surface area contributed by atoms with Crippen molar-refractivity contribution >= 4 is 10.8 Å². The minimum atomic E-state index is -4.88. The third kappa shape index (κ3) is 3.80. The van der Waals surface area contributed by atoms with Crippen LogP contribution in [0.3, 0.4) is 0 Å². The van der Waals surface area contributed by atoms with Crippen molar-refractivity contribution < 1.29 is 35.6 Å². The molecule has 11 heteroatoms. The van der Waals surface area contributed by atoms with Crippen LogP contribution >= 0.6 is 0 Å². The summed E-state index contributed by atoms with van der Waals surface area (Å²) in [5, 5.41) is 0. The summed E-state index contributed by atoms with van der Waals surface area (Å²) in [7, 11) is -0.565. The number of pyridine rings is 1. The molecule has 1 fully saturated rings. The molecular formula is C21H22F5NO4S. The van der Waals surface area contributed by atoms with Crippen LogP contribution in [-0.4, -0.2) is 40.4 Å². The van der Waals surface area contributed by atoms with E-state index in [1.165, 1.54) is 26.2 Å². The largest absolute Gasteiger partial charge is 0.419 e. The van der Waals surface area contributed by atoms with E-state index >= 15 is 0 Å². The first-order valence-corrected chi connectivity index (χ1v) is 11.1. The average molecular weight is 479 g/mol. The number of benzene rings is 1. The fourth-order valence-electron chi connectivity index (χ4n) is 4.33. The Morgan fingerprint density at radius 1 is 1.22 bits per heavy atom. The normalized spacial score (nSPS) is 27.0. The van der Waals surface area contributed by atoms with Gasteiger partial charge in [-0.2, -0.15) is 13.2 Å². The van der Waals surface area contributed by atoms with E-state index in [1.807, 2.05) is 0 Å². The first kappa shape index (κ1) is 24.5. The van der Waals surface area contributed by atoms with Gasteiger partial charge in [0.1, 0.15) is 17.1 Å². The molecule has 0 amide bonds. The van der Waals surface area contributed by atoms with Gasteiger partial charge >= 0.3 is 6.18 Å². The van der Waals surface area contributed by atoms with Crippen molar-refractivity contribution in [3.63, 3.8) is 0 Å². The smallest absolute Gasteiger partial charge is 0.377 e. The Labute approximate surface area is 183 Å². The Morgan fingerprint density at radius 3 is 2.34 bits per heavy atom. The van der Waals surface area contributed by atoms with Crippen molar-refractivity contribution in [3.8, 4) is 0 Å². The minimum absolute atomic E-state index is 0.0193. The molecule has 0 aliphatic carbocycles. The van der Waals surface area contributed by atoms with E-state index < -0.39 is 57.8 Å². The van der Waals surface area contributed by atoms with Crippen LogP contribution in [0.15, 0.2) is 27.9 Å². The fourth-order valence-corrected chi connectivity index (χ4v) is 5.15. The predicted octanol–water partition coefficient (Wildman–Crippen LogP) is 4.20. The first-order chi connectivity index (χ1) is 14.7. The van der Waals surface area contributed by atoms with Gasteiger partial charge in [0.05, 0.1) is 10.8 Å². The third-order valence-electron chi connectivity index (χ3n) is 5.90. The maximum atomic E-state index is 14.3. The van der Waals surface area contributed by atoms with E-state index in [-0.39, 0.29) is 27.4 Å². The zero-order valence-electron chi connectivity index (χ0n) is 17.9. The quantitative estimate of drug-likeness (QED) is 0.668. The Hall–Kier alpha value is -2.11. The lowest BCUT2D eigenvalue weighted by molar-refractivity contribution is -0.286. The maximum absolute atomic E-state index is 14.3. The molecule has 1 aliphatic rings. The molecule has 1 saturated heterocycles. The highest BCUT2D eigenvalue weighted by molar-refractivity contribution is 7.84. The average Bonchev–Trinajstić information content (AvgIpc) is 2.99. The number of hydrogen-bond acceptors (Lipinski definition) is 4. The van der Waals surface area contributed by atoms with Crippen LogP contribution in [0.4, 0.5) is 22.0 Å². The maximum Gasteiger partial charge on any atom is 0.419 e. The number of nitrogens with one attached hydrogen (secondary N) is 1. The molecule has 0 saturated carbocycles. The molecule has 0 unspecified atom stereocenters. The van der Waals surface area contributed by atoms with Crippen LogP contribution in [-0.2, 0) is 20.3 Å². The van der Waals surface area contributed by atoms with E-state index in [4.69, 9.17) is 9.47 Å². The molecule has 176 valence electrons. The Kier molecular flexibility index (Phi) is 6.40. The lowest BCUT2D eigenvalue weighted by Crippen LogP contribution is -2.51. The Balaban J connectivity index is 2.29. The fraction of sp³-hybridized carbons (Fsp3) is 0.476. The number of aromatic nitrogens is 1. The standard InChI is InChI=1S/C21H22F5NO4S/c1-9-11(6-7-12(22)16(9)23)15-17(31-20(3,19(15)30-4)21(24,25)26)13-8-14(28)18(32(5)29)10(2)27-13/h6-8,15,17,19H,1-5H3,(H,27,28)/t15-,17-,19-,20+,32+/m0/s1. The lowest BCUT2D eigenvalue weighted by Gasteiger charge is -2.33. The zero-order valence-corrected chi connectivity index (χ0v) is 18.7. The van der Waals surface area contributed by atoms with Crippen LogP contribution in [0.5, 0.6) is 0 Å². The van der Waals surface area contributed by atoms with Crippen molar-refractivity contribution in [1.82, 2.24) is 4.98 Å². The molecule has 0 bridgehead atoms. The molecule has 2 aromatic rings. The van der Waals surface area contributed by atoms with Gasteiger partial charge in [-0.25, -0.2) is 8.78 Å². The molecule has 1 aromatic carbocycles. The summed E-state index contributed by atoms with van der Waals surface area (Å²) in [6.45, 7) is 3.52. The van der Waals surface area contributed by atoms with Gasteiger partial charge in [0, 0.05) is 36.7 Å². The highest BCUT2D eigenvalue weighted by Gasteiger charge is 2.67. The highest BCUT2D eigenvalue weighted by Crippen LogP contribution is 2.56. The summed E-state index contributed by atoms with van der Waals surface area (Å²) in [5.74, 6) is -3.58. The molecular weight excluding hydrogens is 457 g/mol. The molecule has 0 spiro atoms. The van der Waals surface area contributed by atoms with Gasteiger partial charge in [0.2, 0.25) is 0 Å². The van der Waals surface area contributed by atoms with E-state index in [9.17, 15) is 31.0 Å². The Morgan fingerprint density at radius 2 is 1.84 bits per heavy atom. The van der Waals surface area contributed by atoms with E-state index in [1.54, 1.807) is 0 Å². The van der Waals surface area contributed by atoms with Crippen LogP contribution in [0.2, 0.25) is 0 Å². The summed E-state index contributed by atoms with van der Waals surface area (Å²) in [4.78, 5) is 15.3. The number of hydrogen-bond donors (Lipinski definition) is 1. The van der Waals surface area contributed by atoms with Gasteiger partial charge < -0.3 is 14.5 Å². The van der Waals surface area contributed by atoms with E-state index in [2.05, 4.69) is 4.98 Å². The number of aryl methyl sites for hydroxylation is 1. The van der Waals surface area contributed by atoms with Gasteiger partial charge in [-0.15, -0.1) is 0 Å². The Bertz CT molecular complexity index is 1130. The monoisotopic (exact) mass is 479 g/mol. The van der Waals surface area contributed by atoms with Gasteiger partial charge in [-0.1, -0.05) is 6.07 Å². The number of ether oxygens (including phenoxy) is 2. The molecule has 3 rings (SSSR count). The molecule has 2 heterocycles. The summed E-state index contributed by atoms with van der Waals surface area (Å²) < 4.78 is 92.9. The minimum Gasteiger partial charge on any atom is -0.377 e. The number of methoxy groups -OCH3 is 1. The summed E-state index contributed by atoms with van der Waals surface area (Å²) in [6.07, 6.45) is -6.63. The SMILES string of the molecule is CO[C@H]1[C@@H](c2ccc(F)c(F)c2C)[C@H](c2cc(=O)c([S@@](C)=O)c(C)[nH]2)O[C@@]1(C)C(F)(F)F. The predicted molar refractivity (Wildman–Crippen MR) is 107 cm³/mol. The molecule has 32 heavy (non-hydrogen) atoms. The van der Waals surface area contributed by atoms with Crippen LogP contribution in [0, 0.1) is 25.5 Å². The lowest BCUT2D eigenvalue weighted by atomic mass is 9.81. The van der Waals surface area contributed by atoms with Gasteiger partial charge in [0.25, 0.3) is 0 Å². The van der Waals surface area contributed by atoms with Crippen molar-refractivity contribution in [2.45, 2.75) is 55.6 Å². The van der Waals surface area contributed by atoms with Crippen molar-refractivity contribution in [1.29, 1.82) is 0 Å². The number of aromatic amines is 1.